The summed E-state index contributed by atoms with van der Waals surface area (Å²) >= 11 is 5.45. The molecular formula is C6H3ClN2O. The third-order valence-electron chi connectivity index (χ3n) is 1.02. The molecule has 0 aromatic heterocycles. The fourth-order valence-corrected chi connectivity index (χ4v) is 0.735. The maximum atomic E-state index is 10.6. The predicted octanol–water partition coefficient (Wildman–Crippen LogP) is 0.655. The van der Waals surface area contributed by atoms with Crippen LogP contribution in [0.5, 0.6) is 0 Å². The number of amides is 1. The first-order valence-corrected chi connectivity index (χ1v) is 3.01. The van der Waals surface area contributed by atoms with E-state index in [1.807, 2.05) is 6.07 Å². The molecule has 1 rings (SSSR count). The van der Waals surface area contributed by atoms with E-state index in [-0.39, 0.29) is 0 Å². The van der Waals surface area contributed by atoms with Crippen molar-refractivity contribution in [3.05, 3.63) is 11.6 Å². The molecule has 0 aliphatic carbocycles. The number of carbonyl (C=O) groups is 1. The SMILES string of the molecule is N#CC1=CC(Cl)C(=O)N=C1. The van der Waals surface area contributed by atoms with E-state index in [0.717, 1.165) is 0 Å². The Kier molecular flexibility index (Phi) is 1.83. The number of nitrogens with zero attached hydrogens (tertiary/aromatic N) is 2. The lowest BCUT2D eigenvalue weighted by Crippen LogP contribution is -2.13. The number of hydrogen-bond donors (Lipinski definition) is 0. The Morgan fingerprint density at radius 2 is 2.50 bits per heavy atom. The topological polar surface area (TPSA) is 53.2 Å². The summed E-state index contributed by atoms with van der Waals surface area (Å²) in [6, 6.07) is 1.83. The van der Waals surface area contributed by atoms with E-state index >= 15 is 0 Å². The number of dihydropyridines is 1. The zero-order valence-corrected chi connectivity index (χ0v) is 5.67. The number of alkyl halides is 1. The van der Waals surface area contributed by atoms with Gasteiger partial charge in [0.05, 0.1) is 5.57 Å². The number of carbonyl (C=O) groups excluding carboxylic acids is 1. The second kappa shape index (κ2) is 2.63. The van der Waals surface area contributed by atoms with Gasteiger partial charge in [0.2, 0.25) is 0 Å². The van der Waals surface area contributed by atoms with Gasteiger partial charge in [-0.15, -0.1) is 11.6 Å². The van der Waals surface area contributed by atoms with Crippen LogP contribution in [0.2, 0.25) is 0 Å². The number of aliphatic imine (C=N–C) groups is 1. The molecule has 10 heavy (non-hydrogen) atoms. The Hall–Kier alpha value is -1.14. The Bertz CT molecular complexity index is 261. The van der Waals surface area contributed by atoms with Crippen molar-refractivity contribution in [1.82, 2.24) is 0 Å². The number of rotatable bonds is 0. The Morgan fingerprint density at radius 1 is 1.80 bits per heavy atom. The summed E-state index contributed by atoms with van der Waals surface area (Å²) in [5, 5.41) is 7.55. The molecule has 0 aromatic carbocycles. The van der Waals surface area contributed by atoms with Gasteiger partial charge in [0, 0.05) is 6.21 Å². The van der Waals surface area contributed by atoms with Crippen molar-refractivity contribution < 1.29 is 4.79 Å². The monoisotopic (exact) mass is 154 g/mol. The first kappa shape index (κ1) is 6.97. The fraction of sp³-hybridized carbons (Fsp3) is 0.167. The molecular weight excluding hydrogens is 152 g/mol. The van der Waals surface area contributed by atoms with Crippen LogP contribution in [-0.2, 0) is 4.79 Å². The average molecular weight is 155 g/mol. The number of hydrogen-bond acceptors (Lipinski definition) is 2. The minimum atomic E-state index is -0.764. The highest BCUT2D eigenvalue weighted by Crippen LogP contribution is 2.08. The molecule has 0 radical (unpaired) electrons. The molecule has 4 heteroatoms. The molecule has 0 bridgehead atoms. The number of nitriles is 1. The molecule has 1 amide bonds. The smallest absolute Gasteiger partial charge is 0.267 e. The van der Waals surface area contributed by atoms with Crippen molar-refractivity contribution in [2.45, 2.75) is 5.38 Å². The van der Waals surface area contributed by atoms with Gasteiger partial charge >= 0.3 is 0 Å². The van der Waals surface area contributed by atoms with E-state index in [4.69, 9.17) is 16.9 Å². The van der Waals surface area contributed by atoms with Crippen molar-refractivity contribution in [3.8, 4) is 6.07 Å². The van der Waals surface area contributed by atoms with Crippen molar-refractivity contribution in [1.29, 1.82) is 5.26 Å². The molecule has 50 valence electrons. The van der Waals surface area contributed by atoms with Crippen LogP contribution in [0.3, 0.4) is 0 Å². The normalized spacial score (nSPS) is 23.8. The third-order valence-corrected chi connectivity index (χ3v) is 1.33. The molecule has 0 aromatic rings. The van der Waals surface area contributed by atoms with E-state index in [0.29, 0.717) is 5.57 Å². The molecule has 1 heterocycles. The first-order valence-electron chi connectivity index (χ1n) is 2.58. The molecule has 0 saturated heterocycles. The summed E-state index contributed by atoms with van der Waals surface area (Å²) < 4.78 is 0. The van der Waals surface area contributed by atoms with E-state index in [1.54, 1.807) is 0 Å². The van der Waals surface area contributed by atoms with E-state index in [9.17, 15) is 4.79 Å². The summed E-state index contributed by atoms with van der Waals surface area (Å²) in [4.78, 5) is 13.9. The number of allylic oxidation sites excluding steroid dienone is 1. The zero-order valence-electron chi connectivity index (χ0n) is 4.91. The second-order valence-electron chi connectivity index (χ2n) is 1.73. The second-order valence-corrected chi connectivity index (χ2v) is 2.20. The zero-order chi connectivity index (χ0) is 7.56. The lowest BCUT2D eigenvalue weighted by Gasteiger charge is -2.01. The molecule has 1 atom stereocenters. The van der Waals surface area contributed by atoms with Gasteiger partial charge in [-0.25, -0.2) is 4.99 Å². The summed E-state index contributed by atoms with van der Waals surface area (Å²) in [7, 11) is 0. The van der Waals surface area contributed by atoms with Crippen LogP contribution in [0.15, 0.2) is 16.6 Å². The van der Waals surface area contributed by atoms with Crippen LogP contribution in [0.1, 0.15) is 0 Å². The highest BCUT2D eigenvalue weighted by atomic mass is 35.5. The molecule has 0 fully saturated rings. The van der Waals surface area contributed by atoms with Crippen LogP contribution in [0, 0.1) is 11.3 Å². The van der Waals surface area contributed by atoms with Gasteiger partial charge in [-0.3, -0.25) is 4.79 Å². The van der Waals surface area contributed by atoms with Crippen molar-refractivity contribution in [2.75, 3.05) is 0 Å². The lowest BCUT2D eigenvalue weighted by molar-refractivity contribution is -0.116. The molecule has 3 nitrogen and oxygen atoms in total. The maximum Gasteiger partial charge on any atom is 0.267 e. The van der Waals surface area contributed by atoms with E-state index < -0.39 is 11.3 Å². The standard InChI is InChI=1S/C6H3ClN2O/c7-5-1-4(2-8)3-9-6(5)10/h1,3,5H. The minimum Gasteiger partial charge on any atom is -0.271 e. The van der Waals surface area contributed by atoms with Gasteiger partial charge in [0.25, 0.3) is 5.91 Å². The van der Waals surface area contributed by atoms with E-state index in [1.165, 1.54) is 12.3 Å². The van der Waals surface area contributed by atoms with Crippen LogP contribution in [0.4, 0.5) is 0 Å². The van der Waals surface area contributed by atoms with Gasteiger partial charge in [-0.1, -0.05) is 0 Å². The summed E-state index contributed by atoms with van der Waals surface area (Å²) in [6.07, 6.45) is 2.58. The Balaban J connectivity index is 2.88. The highest BCUT2D eigenvalue weighted by molar-refractivity contribution is 6.34. The van der Waals surface area contributed by atoms with E-state index in [2.05, 4.69) is 4.99 Å². The summed E-state index contributed by atoms with van der Waals surface area (Å²) in [5.41, 5.74) is 0.333. The fourth-order valence-electron chi connectivity index (χ4n) is 0.542. The third kappa shape index (κ3) is 1.23. The average Bonchev–Trinajstić information content (AvgIpc) is 1.95. The van der Waals surface area contributed by atoms with Gasteiger partial charge in [-0.2, -0.15) is 5.26 Å². The van der Waals surface area contributed by atoms with Crippen LogP contribution in [0.25, 0.3) is 0 Å². The Labute approximate surface area is 62.6 Å². The van der Waals surface area contributed by atoms with Crippen LogP contribution in [-0.4, -0.2) is 17.5 Å². The van der Waals surface area contributed by atoms with Crippen molar-refractivity contribution in [2.24, 2.45) is 4.99 Å². The molecule has 0 spiro atoms. The largest absolute Gasteiger partial charge is 0.271 e. The highest BCUT2D eigenvalue weighted by Gasteiger charge is 2.15. The maximum absolute atomic E-state index is 10.6. The molecule has 0 N–H and O–H groups in total. The number of halogens is 1. The van der Waals surface area contributed by atoms with Gasteiger partial charge in [0.15, 0.2) is 0 Å². The molecule has 0 saturated carbocycles. The van der Waals surface area contributed by atoms with Crippen molar-refractivity contribution >= 4 is 23.7 Å². The lowest BCUT2D eigenvalue weighted by atomic mass is 10.2. The summed E-state index contributed by atoms with van der Waals surface area (Å²) in [5.74, 6) is -0.416. The van der Waals surface area contributed by atoms with Crippen LogP contribution >= 0.6 is 11.6 Å². The predicted molar refractivity (Wildman–Crippen MR) is 36.8 cm³/mol. The molecule has 1 aliphatic rings. The quantitative estimate of drug-likeness (QED) is 0.481. The minimum absolute atomic E-state index is 0.333. The first-order chi connectivity index (χ1) is 4.74. The van der Waals surface area contributed by atoms with Gasteiger partial charge in [0.1, 0.15) is 11.4 Å². The van der Waals surface area contributed by atoms with Crippen molar-refractivity contribution in [3.63, 3.8) is 0 Å². The Morgan fingerprint density at radius 3 is 3.00 bits per heavy atom. The molecule has 1 aliphatic heterocycles. The summed E-state index contributed by atoms with van der Waals surface area (Å²) in [6.45, 7) is 0. The van der Waals surface area contributed by atoms with Gasteiger partial charge in [-0.05, 0) is 6.08 Å². The van der Waals surface area contributed by atoms with Gasteiger partial charge < -0.3 is 0 Å². The van der Waals surface area contributed by atoms with Crippen LogP contribution < -0.4 is 0 Å². The molecule has 1 unspecified atom stereocenters.